The van der Waals surface area contributed by atoms with Gasteiger partial charge >= 0.3 is 0 Å². The van der Waals surface area contributed by atoms with Crippen molar-refractivity contribution in [3.8, 4) is 0 Å². The molecular formula is C8H14N2O. The minimum Gasteiger partial charge on any atom is -0.371 e. The van der Waals surface area contributed by atoms with Gasteiger partial charge in [0.15, 0.2) is 0 Å². The zero-order valence-electron chi connectivity index (χ0n) is 6.60. The van der Waals surface area contributed by atoms with E-state index in [0.29, 0.717) is 5.92 Å². The van der Waals surface area contributed by atoms with Crippen molar-refractivity contribution in [2.45, 2.75) is 24.0 Å². The van der Waals surface area contributed by atoms with E-state index in [4.69, 9.17) is 10.5 Å². The summed E-state index contributed by atoms with van der Waals surface area (Å²) in [5.74, 6) is 0.669. The summed E-state index contributed by atoms with van der Waals surface area (Å²) >= 11 is 0. The van der Waals surface area contributed by atoms with Crippen molar-refractivity contribution in [1.82, 2.24) is 5.32 Å². The lowest BCUT2D eigenvalue weighted by molar-refractivity contribution is -0.0154. The van der Waals surface area contributed by atoms with Crippen molar-refractivity contribution in [2.75, 3.05) is 19.7 Å². The maximum absolute atomic E-state index is 6.23. The number of ether oxygens (including phenoxy) is 1. The van der Waals surface area contributed by atoms with Crippen molar-refractivity contribution < 1.29 is 4.74 Å². The number of hydrogen-bond donors (Lipinski definition) is 2. The molecule has 3 heteroatoms. The minimum atomic E-state index is 0.0255. The Kier molecular flexibility index (Phi) is 0.947. The molecule has 2 aliphatic heterocycles. The van der Waals surface area contributed by atoms with E-state index in [9.17, 15) is 0 Å². The van der Waals surface area contributed by atoms with E-state index in [1.54, 1.807) is 0 Å². The van der Waals surface area contributed by atoms with Gasteiger partial charge in [0, 0.05) is 12.5 Å². The molecule has 1 aliphatic carbocycles. The highest BCUT2D eigenvalue weighted by molar-refractivity contribution is 5.26. The molecule has 62 valence electrons. The number of fused-ring (bicyclic) bond motifs is 2. The van der Waals surface area contributed by atoms with Crippen LogP contribution in [0.2, 0.25) is 0 Å². The molecule has 3 nitrogen and oxygen atoms in total. The van der Waals surface area contributed by atoms with Gasteiger partial charge in [-0.15, -0.1) is 0 Å². The second-order valence-electron chi connectivity index (χ2n) is 4.17. The Morgan fingerprint density at radius 1 is 1.55 bits per heavy atom. The van der Waals surface area contributed by atoms with Gasteiger partial charge in [-0.25, -0.2) is 0 Å². The Hall–Kier alpha value is -0.120. The highest BCUT2D eigenvalue weighted by Crippen LogP contribution is 2.57. The maximum Gasteiger partial charge on any atom is 0.1000 e. The van der Waals surface area contributed by atoms with Gasteiger partial charge in [-0.05, 0) is 19.4 Å². The van der Waals surface area contributed by atoms with Gasteiger partial charge in [-0.2, -0.15) is 0 Å². The summed E-state index contributed by atoms with van der Waals surface area (Å²) in [7, 11) is 0. The molecule has 3 unspecified atom stereocenters. The van der Waals surface area contributed by atoms with Crippen LogP contribution in [0.15, 0.2) is 0 Å². The van der Waals surface area contributed by atoms with Crippen LogP contribution in [0.4, 0.5) is 0 Å². The Morgan fingerprint density at radius 3 is 2.91 bits per heavy atom. The summed E-state index contributed by atoms with van der Waals surface area (Å²) < 4.78 is 5.78. The van der Waals surface area contributed by atoms with E-state index in [2.05, 4.69) is 5.32 Å². The quantitative estimate of drug-likeness (QED) is 0.493. The van der Waals surface area contributed by atoms with Crippen LogP contribution in [0.5, 0.6) is 0 Å². The number of nitrogens with one attached hydrogen (secondary N) is 1. The number of rotatable bonds is 0. The number of hydrogen-bond acceptors (Lipinski definition) is 3. The van der Waals surface area contributed by atoms with Gasteiger partial charge in [0.2, 0.25) is 0 Å². The van der Waals surface area contributed by atoms with Crippen molar-refractivity contribution in [3.05, 3.63) is 0 Å². The molecule has 3 fully saturated rings. The summed E-state index contributed by atoms with van der Waals surface area (Å²) in [4.78, 5) is 0. The van der Waals surface area contributed by atoms with Gasteiger partial charge in [0.25, 0.3) is 0 Å². The van der Waals surface area contributed by atoms with E-state index in [0.717, 1.165) is 26.1 Å². The van der Waals surface area contributed by atoms with E-state index in [1.165, 1.54) is 6.42 Å². The molecule has 0 aromatic carbocycles. The molecule has 1 saturated carbocycles. The summed E-state index contributed by atoms with van der Waals surface area (Å²) in [6, 6.07) is 0. The van der Waals surface area contributed by atoms with Crippen LogP contribution in [0.3, 0.4) is 0 Å². The molecule has 0 aromatic heterocycles. The second kappa shape index (κ2) is 1.63. The summed E-state index contributed by atoms with van der Waals surface area (Å²) in [6.45, 7) is 2.95. The van der Waals surface area contributed by atoms with Crippen molar-refractivity contribution in [3.63, 3.8) is 0 Å². The van der Waals surface area contributed by atoms with Crippen molar-refractivity contribution in [2.24, 2.45) is 11.7 Å². The second-order valence-corrected chi connectivity index (χ2v) is 4.17. The lowest BCUT2D eigenvalue weighted by Gasteiger charge is -2.30. The first-order valence-corrected chi connectivity index (χ1v) is 4.40. The van der Waals surface area contributed by atoms with Crippen molar-refractivity contribution in [1.29, 1.82) is 0 Å². The zero-order valence-corrected chi connectivity index (χ0v) is 6.60. The van der Waals surface area contributed by atoms with E-state index in [-0.39, 0.29) is 11.1 Å². The summed E-state index contributed by atoms with van der Waals surface area (Å²) in [5.41, 5.74) is 6.30. The van der Waals surface area contributed by atoms with E-state index < -0.39 is 0 Å². The molecule has 11 heavy (non-hydrogen) atoms. The lowest BCUT2D eigenvalue weighted by Crippen LogP contribution is -2.51. The molecule has 3 N–H and O–H groups in total. The van der Waals surface area contributed by atoms with Crippen LogP contribution in [0.25, 0.3) is 0 Å². The van der Waals surface area contributed by atoms with Crippen molar-refractivity contribution >= 4 is 0 Å². The lowest BCUT2D eigenvalue weighted by atomic mass is 9.91. The molecule has 0 radical (unpaired) electrons. The fraction of sp³-hybridized carbons (Fsp3) is 1.00. The third-order valence-electron chi connectivity index (χ3n) is 3.68. The van der Waals surface area contributed by atoms with E-state index >= 15 is 0 Å². The van der Waals surface area contributed by atoms with Gasteiger partial charge in [0.05, 0.1) is 17.7 Å². The maximum atomic E-state index is 6.23. The molecule has 2 heterocycles. The van der Waals surface area contributed by atoms with Crippen LogP contribution >= 0.6 is 0 Å². The fourth-order valence-corrected chi connectivity index (χ4v) is 2.70. The van der Waals surface area contributed by atoms with Crippen LogP contribution < -0.4 is 11.1 Å². The molecule has 0 aromatic rings. The molecule has 3 aliphatic rings. The predicted octanol–water partition coefficient (Wildman–Crippen LogP) is -0.534. The SMILES string of the molecule is NC12CC1COC21CCNC1. The van der Waals surface area contributed by atoms with Crippen LogP contribution in [0.1, 0.15) is 12.8 Å². The Balaban J connectivity index is 1.96. The Labute approximate surface area is 66.3 Å². The first-order chi connectivity index (χ1) is 5.27. The molecule has 3 rings (SSSR count). The highest BCUT2D eigenvalue weighted by Gasteiger charge is 2.70. The van der Waals surface area contributed by atoms with E-state index in [1.807, 2.05) is 0 Å². The monoisotopic (exact) mass is 154 g/mol. The Bertz CT molecular complexity index is 193. The molecule has 3 atom stereocenters. The standard InChI is InChI=1S/C8H14N2O/c9-8-3-6(8)4-11-7(8)1-2-10-5-7/h6,10H,1-5,9H2. The summed E-state index contributed by atoms with van der Waals surface area (Å²) in [5, 5.41) is 3.33. The van der Waals surface area contributed by atoms with Gasteiger partial charge < -0.3 is 15.8 Å². The third-order valence-corrected chi connectivity index (χ3v) is 3.68. The summed E-state index contributed by atoms with van der Waals surface area (Å²) in [6.07, 6.45) is 2.30. The first-order valence-electron chi connectivity index (χ1n) is 4.40. The number of nitrogens with two attached hydrogens (primary N) is 1. The topological polar surface area (TPSA) is 47.3 Å². The average molecular weight is 154 g/mol. The smallest absolute Gasteiger partial charge is 0.1000 e. The molecule has 1 spiro atoms. The van der Waals surface area contributed by atoms with Gasteiger partial charge in [-0.1, -0.05) is 0 Å². The zero-order chi connectivity index (χ0) is 7.53. The molecule has 0 bridgehead atoms. The minimum absolute atomic E-state index is 0.0255. The third kappa shape index (κ3) is 0.567. The van der Waals surface area contributed by atoms with Crippen LogP contribution in [-0.2, 0) is 4.74 Å². The fourth-order valence-electron chi connectivity index (χ4n) is 2.70. The van der Waals surface area contributed by atoms with Crippen LogP contribution in [0, 0.1) is 5.92 Å². The average Bonchev–Trinajstić information content (AvgIpc) is 2.47. The molecular weight excluding hydrogens is 140 g/mol. The molecule has 0 amide bonds. The first kappa shape index (κ1) is 6.40. The Morgan fingerprint density at radius 2 is 2.45 bits per heavy atom. The molecule has 2 saturated heterocycles. The predicted molar refractivity (Wildman–Crippen MR) is 41.2 cm³/mol. The largest absolute Gasteiger partial charge is 0.371 e. The van der Waals surface area contributed by atoms with Gasteiger partial charge in [-0.3, -0.25) is 0 Å². The van der Waals surface area contributed by atoms with Gasteiger partial charge in [0.1, 0.15) is 0 Å². The highest BCUT2D eigenvalue weighted by atomic mass is 16.5. The van der Waals surface area contributed by atoms with Crippen LogP contribution in [-0.4, -0.2) is 30.8 Å². The normalized spacial score (nSPS) is 60.3.